The molecule has 0 bridgehead atoms. The molecule has 0 atom stereocenters. The molecule has 0 unspecified atom stereocenters. The molecule has 0 saturated carbocycles. The lowest BCUT2D eigenvalue weighted by Gasteiger charge is -2.20. The second-order valence-corrected chi connectivity index (χ2v) is 8.28. The lowest BCUT2D eigenvalue weighted by molar-refractivity contribution is -0.119. The molecule has 6 nitrogen and oxygen atoms in total. The maximum atomic E-state index is 12.6. The average Bonchev–Trinajstić information content (AvgIpc) is 2.71. The summed E-state index contributed by atoms with van der Waals surface area (Å²) in [6, 6.07) is 10.8. The third-order valence-electron chi connectivity index (χ3n) is 4.73. The Morgan fingerprint density at radius 3 is 2.03 bits per heavy atom. The van der Waals surface area contributed by atoms with E-state index in [0.717, 1.165) is 16.8 Å². The second-order valence-electron chi connectivity index (χ2n) is 8.28. The monoisotopic (exact) mass is 427 g/mol. The highest BCUT2D eigenvalue weighted by atomic mass is 16.5. The fourth-order valence-corrected chi connectivity index (χ4v) is 3.23. The van der Waals surface area contributed by atoms with E-state index >= 15 is 0 Å². The van der Waals surface area contributed by atoms with Gasteiger partial charge in [-0.2, -0.15) is 0 Å². The third kappa shape index (κ3) is 6.48. The first-order valence-electron chi connectivity index (χ1n) is 10.6. The normalized spacial score (nSPS) is 11.0. The number of methoxy groups -OCH3 is 1. The summed E-state index contributed by atoms with van der Waals surface area (Å²) in [6.45, 7) is 11.7. The van der Waals surface area contributed by atoms with Gasteiger partial charge in [0, 0.05) is 5.69 Å². The highest BCUT2D eigenvalue weighted by molar-refractivity contribution is 5.96. The van der Waals surface area contributed by atoms with Gasteiger partial charge in [-0.3, -0.25) is 4.79 Å². The minimum absolute atomic E-state index is 0.0279. The van der Waals surface area contributed by atoms with Crippen molar-refractivity contribution in [3.8, 4) is 11.5 Å². The van der Waals surface area contributed by atoms with Crippen molar-refractivity contribution >= 4 is 17.6 Å². The van der Waals surface area contributed by atoms with Gasteiger partial charge in [0.25, 0.3) is 5.91 Å². The van der Waals surface area contributed by atoms with Gasteiger partial charge in [0.1, 0.15) is 0 Å². The second kappa shape index (κ2) is 10.8. The molecule has 0 aliphatic rings. The molecule has 6 heteroatoms. The SMILES string of the molecule is COc1cc(C(=O)OCC(=O)Nc2c(C(C)C)cccc2C(C)C)ccc1OC(C)C. The summed E-state index contributed by atoms with van der Waals surface area (Å²) in [4.78, 5) is 25.0. The number of anilines is 1. The Hall–Kier alpha value is -3.02. The number of rotatable bonds is 9. The molecule has 2 aromatic rings. The van der Waals surface area contributed by atoms with E-state index in [0.29, 0.717) is 11.5 Å². The van der Waals surface area contributed by atoms with Crippen LogP contribution in [0.5, 0.6) is 11.5 Å². The van der Waals surface area contributed by atoms with Crippen molar-refractivity contribution in [3.05, 3.63) is 53.1 Å². The van der Waals surface area contributed by atoms with Gasteiger partial charge in [0.2, 0.25) is 0 Å². The maximum absolute atomic E-state index is 12.6. The zero-order valence-electron chi connectivity index (χ0n) is 19.4. The van der Waals surface area contributed by atoms with Crippen LogP contribution < -0.4 is 14.8 Å². The van der Waals surface area contributed by atoms with E-state index in [1.807, 2.05) is 32.0 Å². The van der Waals surface area contributed by atoms with Crippen LogP contribution >= 0.6 is 0 Å². The van der Waals surface area contributed by atoms with Crippen LogP contribution in [-0.4, -0.2) is 31.7 Å². The van der Waals surface area contributed by atoms with Crippen LogP contribution in [0.3, 0.4) is 0 Å². The van der Waals surface area contributed by atoms with Crippen molar-refractivity contribution < 1.29 is 23.8 Å². The number of benzene rings is 2. The number of ether oxygens (including phenoxy) is 3. The summed E-state index contributed by atoms with van der Waals surface area (Å²) in [5.41, 5.74) is 3.18. The zero-order valence-corrected chi connectivity index (χ0v) is 19.4. The molecule has 0 fully saturated rings. The summed E-state index contributed by atoms with van der Waals surface area (Å²) < 4.78 is 16.2. The summed E-state index contributed by atoms with van der Waals surface area (Å²) in [5, 5.41) is 2.94. The highest BCUT2D eigenvalue weighted by Gasteiger charge is 2.18. The molecular weight excluding hydrogens is 394 g/mol. The first-order chi connectivity index (χ1) is 14.6. The molecule has 0 aromatic heterocycles. The third-order valence-corrected chi connectivity index (χ3v) is 4.73. The van der Waals surface area contributed by atoms with Crippen LogP contribution in [0.4, 0.5) is 5.69 Å². The zero-order chi connectivity index (χ0) is 23.1. The number of amides is 1. The largest absolute Gasteiger partial charge is 0.493 e. The van der Waals surface area contributed by atoms with Crippen molar-refractivity contribution in [2.24, 2.45) is 0 Å². The molecule has 0 saturated heterocycles. The van der Waals surface area contributed by atoms with Crippen molar-refractivity contribution in [2.75, 3.05) is 19.0 Å². The lowest BCUT2D eigenvalue weighted by atomic mass is 9.92. The molecule has 2 aromatic carbocycles. The van der Waals surface area contributed by atoms with Gasteiger partial charge in [0.05, 0.1) is 18.8 Å². The molecule has 0 aliphatic carbocycles. The fraction of sp³-hybridized carbons (Fsp3) is 0.440. The van der Waals surface area contributed by atoms with Gasteiger partial charge < -0.3 is 19.5 Å². The van der Waals surface area contributed by atoms with Crippen molar-refractivity contribution in [1.29, 1.82) is 0 Å². The van der Waals surface area contributed by atoms with Crippen molar-refractivity contribution in [3.63, 3.8) is 0 Å². The molecule has 1 amide bonds. The molecule has 0 heterocycles. The van der Waals surface area contributed by atoms with Crippen LogP contribution in [0, 0.1) is 0 Å². The van der Waals surface area contributed by atoms with E-state index in [4.69, 9.17) is 14.2 Å². The quantitative estimate of drug-likeness (QED) is 0.533. The minimum atomic E-state index is -0.606. The van der Waals surface area contributed by atoms with Gasteiger partial charge >= 0.3 is 5.97 Å². The smallest absolute Gasteiger partial charge is 0.338 e. The number of para-hydroxylation sites is 1. The predicted molar refractivity (Wildman–Crippen MR) is 122 cm³/mol. The van der Waals surface area contributed by atoms with Crippen LogP contribution in [-0.2, 0) is 9.53 Å². The Morgan fingerprint density at radius 1 is 0.903 bits per heavy atom. The number of hydrogen-bond acceptors (Lipinski definition) is 5. The van der Waals surface area contributed by atoms with Gasteiger partial charge in [-0.25, -0.2) is 4.79 Å². The summed E-state index contributed by atoms with van der Waals surface area (Å²) in [7, 11) is 1.50. The highest BCUT2D eigenvalue weighted by Crippen LogP contribution is 2.32. The first-order valence-corrected chi connectivity index (χ1v) is 10.6. The van der Waals surface area contributed by atoms with E-state index in [-0.39, 0.29) is 36.0 Å². The molecule has 31 heavy (non-hydrogen) atoms. The Kier molecular flexibility index (Phi) is 8.48. The number of carbonyl (C=O) groups excluding carboxylic acids is 2. The molecule has 2 rings (SSSR count). The summed E-state index contributed by atoms with van der Waals surface area (Å²) in [6.07, 6.45) is -0.0279. The number of hydrogen-bond donors (Lipinski definition) is 1. The number of nitrogens with one attached hydrogen (secondary N) is 1. The van der Waals surface area contributed by atoms with E-state index in [1.165, 1.54) is 7.11 Å². The maximum Gasteiger partial charge on any atom is 0.338 e. The Bertz CT molecular complexity index is 892. The Morgan fingerprint density at radius 2 is 1.52 bits per heavy atom. The van der Waals surface area contributed by atoms with E-state index in [9.17, 15) is 9.59 Å². The van der Waals surface area contributed by atoms with Crippen molar-refractivity contribution in [1.82, 2.24) is 0 Å². The predicted octanol–water partition coefficient (Wildman–Crippen LogP) is 5.52. The van der Waals surface area contributed by atoms with E-state index in [2.05, 4.69) is 33.0 Å². The lowest BCUT2D eigenvalue weighted by Crippen LogP contribution is -2.22. The van der Waals surface area contributed by atoms with E-state index < -0.39 is 5.97 Å². The van der Waals surface area contributed by atoms with Gasteiger partial charge in [-0.15, -0.1) is 0 Å². The van der Waals surface area contributed by atoms with Gasteiger partial charge in [0.15, 0.2) is 18.1 Å². The number of carbonyl (C=O) groups is 2. The van der Waals surface area contributed by atoms with Crippen molar-refractivity contribution in [2.45, 2.75) is 59.5 Å². The van der Waals surface area contributed by atoms with Crippen LogP contribution in [0.2, 0.25) is 0 Å². The Balaban J connectivity index is 2.09. The Labute approximate surface area is 184 Å². The average molecular weight is 428 g/mol. The summed E-state index contributed by atoms with van der Waals surface area (Å²) >= 11 is 0. The van der Waals surface area contributed by atoms with Gasteiger partial charge in [-0.1, -0.05) is 45.9 Å². The van der Waals surface area contributed by atoms with E-state index in [1.54, 1.807) is 18.2 Å². The number of esters is 1. The molecule has 0 aliphatic heterocycles. The molecular formula is C25H33NO5. The van der Waals surface area contributed by atoms with Crippen LogP contribution in [0.25, 0.3) is 0 Å². The minimum Gasteiger partial charge on any atom is -0.493 e. The molecule has 1 N–H and O–H groups in total. The fourth-order valence-electron chi connectivity index (χ4n) is 3.23. The summed E-state index contributed by atoms with van der Waals surface area (Å²) in [5.74, 6) is 0.477. The van der Waals surface area contributed by atoms with Gasteiger partial charge in [-0.05, 0) is 55.0 Å². The van der Waals surface area contributed by atoms with Crippen LogP contribution in [0.15, 0.2) is 36.4 Å². The first kappa shape index (κ1) is 24.3. The standard InChI is InChI=1S/C25H33NO5/c1-15(2)19-9-8-10-20(16(3)4)24(19)26-23(27)14-30-25(28)18-11-12-21(31-17(5)6)22(13-18)29-7/h8-13,15-17H,14H2,1-7H3,(H,26,27). The molecule has 0 radical (unpaired) electrons. The molecule has 0 spiro atoms. The topological polar surface area (TPSA) is 73.9 Å². The molecule has 168 valence electrons. The van der Waals surface area contributed by atoms with Crippen LogP contribution in [0.1, 0.15) is 74.9 Å².